The molecule has 7 heteroatoms. The fourth-order valence-electron chi connectivity index (χ4n) is 5.11. The summed E-state index contributed by atoms with van der Waals surface area (Å²) < 4.78 is 16.8. The number of rotatable bonds is 5. The van der Waals surface area contributed by atoms with Crippen LogP contribution in [0.25, 0.3) is 0 Å². The SMILES string of the molecule is CCOc1cccc(C2CC(c3ccc4c(c3)OCO4)=NC3(CCN(C(C)C)CC3)N2)c1O. The smallest absolute Gasteiger partial charge is 0.231 e. The van der Waals surface area contributed by atoms with Crippen molar-refractivity contribution in [3.63, 3.8) is 0 Å². The molecule has 2 N–H and O–H groups in total. The third-order valence-corrected chi connectivity index (χ3v) is 6.96. The molecule has 0 aliphatic carbocycles. The van der Waals surface area contributed by atoms with Crippen molar-refractivity contribution in [1.82, 2.24) is 10.2 Å². The molecule has 2 aromatic rings. The third-order valence-electron chi connectivity index (χ3n) is 6.96. The Bertz CT molecular complexity index is 1040. The van der Waals surface area contributed by atoms with Crippen molar-refractivity contribution in [1.29, 1.82) is 0 Å². The van der Waals surface area contributed by atoms with Crippen LogP contribution in [0.5, 0.6) is 23.0 Å². The number of hydrogen-bond acceptors (Lipinski definition) is 7. The minimum absolute atomic E-state index is 0.0751. The number of piperidine rings is 1. The van der Waals surface area contributed by atoms with Crippen LogP contribution in [0.3, 0.4) is 0 Å². The number of phenolic OH excluding ortho intramolecular Hbond substituents is 1. The first-order valence-electron chi connectivity index (χ1n) is 11.9. The van der Waals surface area contributed by atoms with E-state index in [2.05, 4.69) is 30.1 Å². The molecule has 3 heterocycles. The summed E-state index contributed by atoms with van der Waals surface area (Å²) in [7, 11) is 0. The Kier molecular flexibility index (Phi) is 5.93. The quantitative estimate of drug-likeness (QED) is 0.708. The van der Waals surface area contributed by atoms with E-state index in [0.29, 0.717) is 24.8 Å². The van der Waals surface area contributed by atoms with Gasteiger partial charge in [-0.1, -0.05) is 12.1 Å². The van der Waals surface area contributed by atoms with Gasteiger partial charge in [0, 0.05) is 42.9 Å². The predicted octanol–water partition coefficient (Wildman–Crippen LogP) is 4.24. The van der Waals surface area contributed by atoms with Gasteiger partial charge in [0.2, 0.25) is 6.79 Å². The number of likely N-dealkylation sites (tertiary alicyclic amines) is 1. The maximum absolute atomic E-state index is 11.0. The molecule has 3 aliphatic rings. The fourth-order valence-corrected chi connectivity index (χ4v) is 5.11. The van der Waals surface area contributed by atoms with Gasteiger partial charge in [0.05, 0.1) is 6.61 Å². The van der Waals surface area contributed by atoms with Gasteiger partial charge in [-0.15, -0.1) is 0 Å². The second-order valence-corrected chi connectivity index (χ2v) is 9.32. The molecular weight excluding hydrogens is 418 g/mol. The number of aliphatic imine (C=N–C) groups is 1. The summed E-state index contributed by atoms with van der Waals surface area (Å²) in [5, 5.41) is 14.8. The van der Waals surface area contributed by atoms with Crippen LogP contribution >= 0.6 is 0 Å². The van der Waals surface area contributed by atoms with Crippen molar-refractivity contribution in [2.75, 3.05) is 26.5 Å². The lowest BCUT2D eigenvalue weighted by Gasteiger charge is -2.46. The summed E-state index contributed by atoms with van der Waals surface area (Å²) in [5.41, 5.74) is 2.54. The number of hydrogen-bond donors (Lipinski definition) is 2. The van der Waals surface area contributed by atoms with Gasteiger partial charge in [-0.3, -0.25) is 10.3 Å². The molecule has 1 atom stereocenters. The second-order valence-electron chi connectivity index (χ2n) is 9.32. The molecular formula is C26H33N3O4. The van der Waals surface area contributed by atoms with Gasteiger partial charge in [-0.05, 0) is 63.4 Å². The summed E-state index contributed by atoms with van der Waals surface area (Å²) in [6, 6.07) is 12.2. The highest BCUT2D eigenvalue weighted by atomic mass is 16.7. The first-order valence-corrected chi connectivity index (χ1v) is 11.9. The summed E-state index contributed by atoms with van der Waals surface area (Å²) in [6.07, 6.45) is 2.50. The van der Waals surface area contributed by atoms with E-state index in [4.69, 9.17) is 19.2 Å². The van der Waals surface area contributed by atoms with Gasteiger partial charge in [-0.25, -0.2) is 0 Å². The minimum Gasteiger partial charge on any atom is -0.504 e. The average molecular weight is 452 g/mol. The molecule has 33 heavy (non-hydrogen) atoms. The van der Waals surface area contributed by atoms with Gasteiger partial charge in [0.15, 0.2) is 23.0 Å². The molecule has 0 aromatic heterocycles. The predicted molar refractivity (Wildman–Crippen MR) is 128 cm³/mol. The van der Waals surface area contributed by atoms with Crippen molar-refractivity contribution < 1.29 is 19.3 Å². The highest BCUT2D eigenvalue weighted by molar-refractivity contribution is 6.02. The number of ether oxygens (including phenoxy) is 3. The largest absolute Gasteiger partial charge is 0.504 e. The van der Waals surface area contributed by atoms with Crippen molar-refractivity contribution in [3.8, 4) is 23.0 Å². The van der Waals surface area contributed by atoms with Crippen LogP contribution in [-0.4, -0.2) is 53.9 Å². The fraction of sp³-hybridized carbons (Fsp3) is 0.500. The Morgan fingerprint density at radius 3 is 2.73 bits per heavy atom. The second kappa shape index (κ2) is 8.88. The van der Waals surface area contributed by atoms with Crippen LogP contribution in [0.4, 0.5) is 0 Å². The van der Waals surface area contributed by atoms with E-state index in [9.17, 15) is 5.11 Å². The maximum Gasteiger partial charge on any atom is 0.231 e. The molecule has 1 saturated heterocycles. The first-order chi connectivity index (χ1) is 16.0. The van der Waals surface area contributed by atoms with Crippen LogP contribution < -0.4 is 19.5 Å². The van der Waals surface area contributed by atoms with E-state index in [1.807, 2.05) is 37.3 Å². The standard InChI is InChI=1S/C26H33N3O4/c1-4-31-23-7-5-6-19(25(23)30)21-15-20(18-8-9-22-24(14-18)33-16-32-22)27-26(28-21)10-12-29(13-11-26)17(2)3/h5-9,14,17,21,28,30H,4,10-13,15-16H2,1-3H3. The molecule has 1 unspecified atom stereocenters. The van der Waals surface area contributed by atoms with E-state index in [-0.39, 0.29) is 24.2 Å². The van der Waals surface area contributed by atoms with Crippen molar-refractivity contribution in [3.05, 3.63) is 47.5 Å². The molecule has 176 valence electrons. The summed E-state index contributed by atoms with van der Waals surface area (Å²) in [6.45, 7) is 9.14. The van der Waals surface area contributed by atoms with E-state index < -0.39 is 0 Å². The van der Waals surface area contributed by atoms with Gasteiger partial charge in [0.25, 0.3) is 0 Å². The Labute approximate surface area is 195 Å². The number of para-hydroxylation sites is 1. The van der Waals surface area contributed by atoms with E-state index in [1.54, 1.807) is 0 Å². The zero-order chi connectivity index (χ0) is 23.0. The molecule has 7 nitrogen and oxygen atoms in total. The lowest BCUT2D eigenvalue weighted by Crippen LogP contribution is -2.56. The van der Waals surface area contributed by atoms with Gasteiger partial charge < -0.3 is 24.2 Å². The molecule has 3 aliphatic heterocycles. The van der Waals surface area contributed by atoms with Crippen LogP contribution in [-0.2, 0) is 0 Å². The molecule has 5 rings (SSSR count). The highest BCUT2D eigenvalue weighted by Crippen LogP contribution is 2.42. The van der Waals surface area contributed by atoms with Crippen LogP contribution in [0.1, 0.15) is 57.2 Å². The highest BCUT2D eigenvalue weighted by Gasteiger charge is 2.41. The Morgan fingerprint density at radius 1 is 1.18 bits per heavy atom. The van der Waals surface area contributed by atoms with E-state index in [1.165, 1.54) is 0 Å². The van der Waals surface area contributed by atoms with E-state index >= 15 is 0 Å². The number of benzene rings is 2. The summed E-state index contributed by atoms with van der Waals surface area (Å²) in [4.78, 5) is 7.80. The van der Waals surface area contributed by atoms with Gasteiger partial charge in [-0.2, -0.15) is 0 Å². The molecule has 1 fully saturated rings. The molecule has 0 radical (unpaired) electrons. The zero-order valence-electron chi connectivity index (χ0n) is 19.6. The monoisotopic (exact) mass is 451 g/mol. The third kappa shape index (κ3) is 4.27. The number of phenols is 1. The topological polar surface area (TPSA) is 75.5 Å². The van der Waals surface area contributed by atoms with Crippen LogP contribution in [0.2, 0.25) is 0 Å². The number of aromatic hydroxyl groups is 1. The van der Waals surface area contributed by atoms with Gasteiger partial charge in [0.1, 0.15) is 5.66 Å². The zero-order valence-corrected chi connectivity index (χ0v) is 19.6. The molecule has 1 spiro atoms. The Hall–Kier alpha value is -2.77. The van der Waals surface area contributed by atoms with Crippen molar-refractivity contribution in [2.24, 2.45) is 4.99 Å². The number of fused-ring (bicyclic) bond motifs is 1. The number of nitrogens with zero attached hydrogens (tertiary/aromatic N) is 2. The molecule has 0 amide bonds. The lowest BCUT2D eigenvalue weighted by atomic mass is 9.87. The summed E-state index contributed by atoms with van der Waals surface area (Å²) in [5.74, 6) is 2.26. The summed E-state index contributed by atoms with van der Waals surface area (Å²) >= 11 is 0. The van der Waals surface area contributed by atoms with Crippen molar-refractivity contribution >= 4 is 5.71 Å². The van der Waals surface area contributed by atoms with Crippen LogP contribution in [0, 0.1) is 0 Å². The molecule has 0 saturated carbocycles. The lowest BCUT2D eigenvalue weighted by molar-refractivity contribution is 0.103. The van der Waals surface area contributed by atoms with E-state index in [0.717, 1.165) is 54.3 Å². The Morgan fingerprint density at radius 2 is 1.97 bits per heavy atom. The maximum atomic E-state index is 11.0. The molecule has 2 aromatic carbocycles. The average Bonchev–Trinajstić information content (AvgIpc) is 3.28. The van der Waals surface area contributed by atoms with Crippen molar-refractivity contribution in [2.45, 2.75) is 57.8 Å². The van der Waals surface area contributed by atoms with Gasteiger partial charge >= 0.3 is 0 Å². The molecule has 0 bridgehead atoms. The number of nitrogens with one attached hydrogen (secondary N) is 1. The normalized spacial score (nSPS) is 21.9. The Balaban J connectivity index is 1.51. The first kappa shape index (κ1) is 22.0. The van der Waals surface area contributed by atoms with Crippen LogP contribution in [0.15, 0.2) is 41.4 Å². The minimum atomic E-state index is -0.367.